The summed E-state index contributed by atoms with van der Waals surface area (Å²) in [7, 11) is 0. The fraction of sp³-hybridized carbons (Fsp3) is 0.312. The lowest BCUT2D eigenvalue weighted by Gasteiger charge is -2.26. The molecule has 8 heteroatoms. The van der Waals surface area contributed by atoms with E-state index in [9.17, 15) is 0 Å². The molecule has 0 saturated carbocycles. The number of rotatable bonds is 5. The number of nitrogens with zero attached hydrogens (tertiary/aromatic N) is 5. The van der Waals surface area contributed by atoms with Gasteiger partial charge in [0.25, 0.3) is 0 Å². The van der Waals surface area contributed by atoms with Gasteiger partial charge in [0, 0.05) is 49.5 Å². The van der Waals surface area contributed by atoms with Crippen LogP contribution in [-0.2, 0) is 13.0 Å². The molecule has 124 valence electrons. The van der Waals surface area contributed by atoms with Gasteiger partial charge in [0.05, 0.1) is 0 Å². The lowest BCUT2D eigenvalue weighted by atomic mass is 10.1. The van der Waals surface area contributed by atoms with Crippen LogP contribution >= 0.6 is 11.3 Å². The van der Waals surface area contributed by atoms with Gasteiger partial charge in [-0.2, -0.15) is 15.1 Å². The molecule has 3 N–H and O–H groups in total. The van der Waals surface area contributed by atoms with E-state index in [2.05, 4.69) is 36.7 Å². The molecule has 1 aliphatic rings. The fourth-order valence-electron chi connectivity index (χ4n) is 2.90. The van der Waals surface area contributed by atoms with Crippen molar-refractivity contribution >= 4 is 23.1 Å². The van der Waals surface area contributed by atoms with Gasteiger partial charge in [-0.25, -0.2) is 4.68 Å². The van der Waals surface area contributed by atoms with Gasteiger partial charge < -0.3 is 11.1 Å². The van der Waals surface area contributed by atoms with Crippen LogP contribution in [0.5, 0.6) is 0 Å². The second-order valence-electron chi connectivity index (χ2n) is 5.74. The number of fused-ring (bicyclic) bond motifs is 1. The molecule has 0 aromatic carbocycles. The molecule has 0 saturated heterocycles. The largest absolute Gasteiger partial charge is 0.369 e. The van der Waals surface area contributed by atoms with Gasteiger partial charge >= 0.3 is 0 Å². The number of hydrogen-bond donors (Lipinski definition) is 2. The number of anilines is 2. The average Bonchev–Trinajstić information content (AvgIpc) is 3.25. The normalized spacial score (nSPS) is 14.5. The van der Waals surface area contributed by atoms with Gasteiger partial charge in [-0.1, -0.05) is 0 Å². The minimum atomic E-state index is 0.242. The molecule has 3 aromatic rings. The minimum absolute atomic E-state index is 0.242. The van der Waals surface area contributed by atoms with Gasteiger partial charge in [0.15, 0.2) is 5.82 Å². The molecule has 0 amide bonds. The second-order valence-corrected chi connectivity index (χ2v) is 6.74. The van der Waals surface area contributed by atoms with E-state index in [0.717, 1.165) is 38.4 Å². The average molecular weight is 341 g/mol. The molecule has 4 rings (SSSR count). The fourth-order valence-corrected chi connectivity index (χ4v) is 3.79. The molecule has 0 unspecified atom stereocenters. The Bertz CT molecular complexity index is 812. The van der Waals surface area contributed by atoms with Crippen LogP contribution in [0.2, 0.25) is 0 Å². The maximum Gasteiger partial charge on any atom is 0.224 e. The first-order valence-corrected chi connectivity index (χ1v) is 8.82. The zero-order valence-electron chi connectivity index (χ0n) is 13.2. The number of nitrogen functional groups attached to an aromatic ring is 1. The van der Waals surface area contributed by atoms with Gasteiger partial charge in [-0.05, 0) is 29.5 Å². The van der Waals surface area contributed by atoms with Crippen LogP contribution < -0.4 is 11.1 Å². The molecule has 0 aliphatic carbocycles. The molecular formula is C16H19N7S. The van der Waals surface area contributed by atoms with Crippen LogP contribution in [0.3, 0.4) is 0 Å². The van der Waals surface area contributed by atoms with Crippen LogP contribution in [0.25, 0.3) is 5.82 Å². The van der Waals surface area contributed by atoms with E-state index < -0.39 is 0 Å². The third kappa shape index (κ3) is 3.24. The second kappa shape index (κ2) is 6.58. The summed E-state index contributed by atoms with van der Waals surface area (Å²) in [6.45, 7) is 3.93. The molecule has 0 radical (unpaired) electrons. The Labute approximate surface area is 144 Å². The standard InChI is InChI=1S/C16H19N7S/c17-16-20-14(10-15(21-16)23-6-1-4-19-23)18-5-8-22-7-2-13-12(11-22)3-9-24-13/h1,3-4,6,9-10H,2,5,7-8,11H2,(H3,17,18,20,21). The first kappa shape index (κ1) is 15.1. The topological polar surface area (TPSA) is 84.9 Å². The Hall–Kier alpha value is -2.45. The van der Waals surface area contributed by atoms with E-state index in [1.165, 1.54) is 10.4 Å². The minimum Gasteiger partial charge on any atom is -0.369 e. The van der Waals surface area contributed by atoms with Crippen molar-refractivity contribution in [2.75, 3.05) is 30.7 Å². The highest BCUT2D eigenvalue weighted by Gasteiger charge is 2.16. The predicted molar refractivity (Wildman–Crippen MR) is 95.4 cm³/mol. The van der Waals surface area contributed by atoms with Crippen LogP contribution in [-0.4, -0.2) is 44.3 Å². The number of aromatic nitrogens is 4. The summed E-state index contributed by atoms with van der Waals surface area (Å²) in [5.74, 6) is 1.63. The predicted octanol–water partition coefficient (Wildman–Crippen LogP) is 1.78. The monoisotopic (exact) mass is 341 g/mol. The maximum atomic E-state index is 5.81. The molecule has 0 fully saturated rings. The van der Waals surface area contributed by atoms with Crippen LogP contribution in [0.1, 0.15) is 10.4 Å². The third-order valence-electron chi connectivity index (χ3n) is 4.09. The summed E-state index contributed by atoms with van der Waals surface area (Å²) in [5, 5.41) is 9.70. The zero-order chi connectivity index (χ0) is 16.4. The number of nitrogens with two attached hydrogens (primary N) is 1. The third-order valence-corrected chi connectivity index (χ3v) is 5.11. The van der Waals surface area contributed by atoms with E-state index in [-0.39, 0.29) is 5.95 Å². The smallest absolute Gasteiger partial charge is 0.224 e. The zero-order valence-corrected chi connectivity index (χ0v) is 14.0. The van der Waals surface area contributed by atoms with Gasteiger partial charge in [0.1, 0.15) is 5.82 Å². The Morgan fingerprint density at radius 2 is 2.29 bits per heavy atom. The van der Waals surface area contributed by atoms with Crippen molar-refractivity contribution in [3.8, 4) is 5.82 Å². The summed E-state index contributed by atoms with van der Waals surface area (Å²) in [6, 6.07) is 5.94. The highest BCUT2D eigenvalue weighted by molar-refractivity contribution is 7.10. The van der Waals surface area contributed by atoms with Crippen molar-refractivity contribution in [1.82, 2.24) is 24.6 Å². The summed E-state index contributed by atoms with van der Waals surface area (Å²) in [6.07, 6.45) is 4.69. The lowest BCUT2D eigenvalue weighted by molar-refractivity contribution is 0.266. The highest BCUT2D eigenvalue weighted by Crippen LogP contribution is 2.23. The highest BCUT2D eigenvalue weighted by atomic mass is 32.1. The number of thiophene rings is 1. The van der Waals surface area contributed by atoms with Crippen molar-refractivity contribution in [2.45, 2.75) is 13.0 Å². The SMILES string of the molecule is Nc1nc(NCCN2CCc3sccc3C2)cc(-n2cccn2)n1. The molecular weight excluding hydrogens is 322 g/mol. The summed E-state index contributed by atoms with van der Waals surface area (Å²) >= 11 is 1.87. The van der Waals surface area contributed by atoms with Crippen molar-refractivity contribution in [3.05, 3.63) is 46.4 Å². The molecule has 7 nitrogen and oxygen atoms in total. The van der Waals surface area contributed by atoms with Crippen LogP contribution in [0, 0.1) is 0 Å². The van der Waals surface area contributed by atoms with E-state index in [4.69, 9.17) is 5.73 Å². The van der Waals surface area contributed by atoms with Crippen LogP contribution in [0.15, 0.2) is 36.0 Å². The maximum absolute atomic E-state index is 5.81. The Kier molecular flexibility index (Phi) is 4.14. The Morgan fingerprint density at radius 1 is 1.33 bits per heavy atom. The first-order chi connectivity index (χ1) is 11.8. The van der Waals surface area contributed by atoms with Gasteiger partial charge in [-0.15, -0.1) is 11.3 Å². The van der Waals surface area contributed by atoms with E-state index >= 15 is 0 Å². The van der Waals surface area contributed by atoms with Gasteiger partial charge in [0.2, 0.25) is 5.95 Å². The van der Waals surface area contributed by atoms with Crippen molar-refractivity contribution in [3.63, 3.8) is 0 Å². The molecule has 0 atom stereocenters. The van der Waals surface area contributed by atoms with E-state index in [0.29, 0.717) is 5.82 Å². The van der Waals surface area contributed by atoms with Crippen molar-refractivity contribution in [1.29, 1.82) is 0 Å². The summed E-state index contributed by atoms with van der Waals surface area (Å²) in [4.78, 5) is 12.5. The van der Waals surface area contributed by atoms with E-state index in [1.807, 2.05) is 29.7 Å². The molecule has 3 aromatic heterocycles. The van der Waals surface area contributed by atoms with Crippen LogP contribution in [0.4, 0.5) is 11.8 Å². The summed E-state index contributed by atoms with van der Waals surface area (Å²) in [5.41, 5.74) is 7.28. The first-order valence-electron chi connectivity index (χ1n) is 7.94. The quantitative estimate of drug-likeness (QED) is 0.736. The molecule has 4 heterocycles. The Morgan fingerprint density at radius 3 is 3.17 bits per heavy atom. The lowest BCUT2D eigenvalue weighted by Crippen LogP contribution is -2.33. The molecule has 0 bridgehead atoms. The molecule has 1 aliphatic heterocycles. The molecule has 24 heavy (non-hydrogen) atoms. The van der Waals surface area contributed by atoms with Crippen molar-refractivity contribution < 1.29 is 0 Å². The number of nitrogens with one attached hydrogen (secondary N) is 1. The van der Waals surface area contributed by atoms with Gasteiger partial charge in [-0.3, -0.25) is 4.90 Å². The Balaban J connectivity index is 1.36. The van der Waals surface area contributed by atoms with Crippen molar-refractivity contribution in [2.24, 2.45) is 0 Å². The van der Waals surface area contributed by atoms with E-state index in [1.54, 1.807) is 10.9 Å². The molecule has 0 spiro atoms. The summed E-state index contributed by atoms with van der Waals surface area (Å²) < 4.78 is 1.67. The number of hydrogen-bond acceptors (Lipinski definition) is 7.